The molecule has 0 saturated heterocycles. The Morgan fingerprint density at radius 2 is 1.90 bits per heavy atom. The normalized spacial score (nSPS) is 10.6. The number of nitrogens with zero attached hydrogens (tertiary/aromatic N) is 1. The number of aromatic amines is 2. The molecule has 6 nitrogen and oxygen atoms in total. The first-order valence-corrected chi connectivity index (χ1v) is 7.08. The summed E-state index contributed by atoms with van der Waals surface area (Å²) in [6.45, 7) is 0. The Bertz CT molecular complexity index is 717. The summed E-state index contributed by atoms with van der Waals surface area (Å²) >= 11 is 5.01. The standard InChI is InChI=1S/C14H18N4O2S/c1-18(2)13(20)5-3-4-12(19)15-9-6-7-10-11(8-9)17-14(21)16-10/h6-8H,3-5H2,1-2H3,(H,15,19)(H2,16,17,21). The van der Waals surface area contributed by atoms with Gasteiger partial charge in [-0.1, -0.05) is 0 Å². The smallest absolute Gasteiger partial charge is 0.224 e. The Kier molecular flexibility index (Phi) is 4.74. The van der Waals surface area contributed by atoms with Crippen LogP contribution in [0, 0.1) is 4.77 Å². The van der Waals surface area contributed by atoms with Crippen molar-refractivity contribution in [2.24, 2.45) is 0 Å². The third kappa shape index (κ3) is 4.16. The number of carbonyl (C=O) groups excluding carboxylic acids is 2. The maximum absolute atomic E-state index is 11.8. The molecule has 0 aliphatic carbocycles. The highest BCUT2D eigenvalue weighted by Gasteiger charge is 2.07. The van der Waals surface area contributed by atoms with E-state index in [0.717, 1.165) is 11.0 Å². The van der Waals surface area contributed by atoms with Crippen molar-refractivity contribution in [1.29, 1.82) is 0 Å². The number of carbonyl (C=O) groups is 2. The summed E-state index contributed by atoms with van der Waals surface area (Å²) in [7, 11) is 3.41. The number of anilines is 1. The minimum atomic E-state index is -0.102. The van der Waals surface area contributed by atoms with E-state index in [0.29, 0.717) is 29.7 Å². The second-order valence-electron chi connectivity index (χ2n) is 5.03. The molecule has 0 aliphatic rings. The Balaban J connectivity index is 1.89. The molecule has 112 valence electrons. The Morgan fingerprint density at radius 3 is 2.62 bits per heavy atom. The fourth-order valence-electron chi connectivity index (χ4n) is 1.96. The van der Waals surface area contributed by atoms with Crippen molar-refractivity contribution in [2.45, 2.75) is 19.3 Å². The Labute approximate surface area is 127 Å². The molecular weight excluding hydrogens is 288 g/mol. The number of benzene rings is 1. The van der Waals surface area contributed by atoms with Crippen molar-refractivity contribution in [3.8, 4) is 0 Å². The van der Waals surface area contributed by atoms with Gasteiger partial charge in [-0.05, 0) is 36.8 Å². The molecule has 0 radical (unpaired) electrons. The number of amides is 2. The van der Waals surface area contributed by atoms with Crippen LogP contribution in [0.5, 0.6) is 0 Å². The lowest BCUT2D eigenvalue weighted by Crippen LogP contribution is -2.21. The summed E-state index contributed by atoms with van der Waals surface area (Å²) in [6.07, 6.45) is 1.24. The fraction of sp³-hybridized carbons (Fsp3) is 0.357. The molecule has 0 spiro atoms. The quantitative estimate of drug-likeness (QED) is 0.742. The van der Waals surface area contributed by atoms with Crippen LogP contribution in [0.1, 0.15) is 19.3 Å². The number of aromatic nitrogens is 2. The van der Waals surface area contributed by atoms with E-state index in [1.165, 1.54) is 4.90 Å². The predicted molar refractivity (Wildman–Crippen MR) is 84.7 cm³/mol. The molecule has 2 rings (SSSR count). The number of nitrogens with one attached hydrogen (secondary N) is 3. The molecule has 7 heteroatoms. The lowest BCUT2D eigenvalue weighted by molar-refractivity contribution is -0.128. The lowest BCUT2D eigenvalue weighted by atomic mass is 10.2. The number of rotatable bonds is 5. The van der Waals surface area contributed by atoms with Crippen molar-refractivity contribution < 1.29 is 9.59 Å². The van der Waals surface area contributed by atoms with Gasteiger partial charge in [0.05, 0.1) is 11.0 Å². The molecule has 2 aromatic rings. The summed E-state index contributed by atoms with van der Waals surface area (Å²) < 4.78 is 0.552. The van der Waals surface area contributed by atoms with Gasteiger partial charge in [0.15, 0.2) is 4.77 Å². The average molecular weight is 306 g/mol. The first-order chi connectivity index (χ1) is 9.95. The molecular formula is C14H18N4O2S. The van der Waals surface area contributed by atoms with Gasteiger partial charge in [0, 0.05) is 32.6 Å². The molecule has 0 saturated carbocycles. The van der Waals surface area contributed by atoms with E-state index in [2.05, 4.69) is 15.3 Å². The molecule has 21 heavy (non-hydrogen) atoms. The van der Waals surface area contributed by atoms with Gasteiger partial charge in [-0.15, -0.1) is 0 Å². The van der Waals surface area contributed by atoms with Gasteiger partial charge in [-0.25, -0.2) is 0 Å². The molecule has 0 atom stereocenters. The van der Waals surface area contributed by atoms with Gasteiger partial charge in [0.2, 0.25) is 11.8 Å². The van der Waals surface area contributed by atoms with Gasteiger partial charge in [-0.2, -0.15) is 0 Å². The minimum absolute atomic E-state index is 0.0316. The fourth-order valence-corrected chi connectivity index (χ4v) is 2.18. The first-order valence-electron chi connectivity index (χ1n) is 6.68. The van der Waals surface area contributed by atoms with Crippen LogP contribution >= 0.6 is 12.2 Å². The van der Waals surface area contributed by atoms with Crippen molar-refractivity contribution >= 4 is 40.8 Å². The van der Waals surface area contributed by atoms with Crippen LogP contribution in [0.25, 0.3) is 11.0 Å². The maximum atomic E-state index is 11.8. The van der Waals surface area contributed by atoms with Crippen molar-refractivity contribution in [3.63, 3.8) is 0 Å². The summed E-state index contributed by atoms with van der Waals surface area (Å²) in [6, 6.07) is 5.49. The van der Waals surface area contributed by atoms with Crippen LogP contribution in [-0.4, -0.2) is 40.8 Å². The molecule has 3 N–H and O–H groups in total. The molecule has 0 unspecified atom stereocenters. The van der Waals surface area contributed by atoms with Gasteiger partial charge >= 0.3 is 0 Å². The highest BCUT2D eigenvalue weighted by Crippen LogP contribution is 2.16. The zero-order valence-corrected chi connectivity index (χ0v) is 12.8. The van der Waals surface area contributed by atoms with Crippen LogP contribution in [0.2, 0.25) is 0 Å². The van der Waals surface area contributed by atoms with E-state index < -0.39 is 0 Å². The summed E-state index contributed by atoms with van der Waals surface area (Å²) in [5, 5.41) is 2.81. The third-order valence-corrected chi connectivity index (χ3v) is 3.30. The van der Waals surface area contributed by atoms with E-state index in [-0.39, 0.29) is 11.8 Å². The van der Waals surface area contributed by atoms with Crippen LogP contribution in [-0.2, 0) is 9.59 Å². The van der Waals surface area contributed by atoms with Crippen molar-refractivity contribution in [3.05, 3.63) is 23.0 Å². The molecule has 1 aromatic heterocycles. The van der Waals surface area contributed by atoms with Crippen LogP contribution in [0.4, 0.5) is 5.69 Å². The number of hydrogen-bond acceptors (Lipinski definition) is 3. The summed E-state index contributed by atoms with van der Waals surface area (Å²) in [5.41, 5.74) is 2.45. The van der Waals surface area contributed by atoms with Gasteiger partial charge < -0.3 is 20.2 Å². The van der Waals surface area contributed by atoms with Gasteiger partial charge in [0.1, 0.15) is 0 Å². The topological polar surface area (TPSA) is 81.0 Å². The van der Waals surface area contributed by atoms with E-state index >= 15 is 0 Å². The summed E-state index contributed by atoms with van der Waals surface area (Å²) in [4.78, 5) is 30.8. The maximum Gasteiger partial charge on any atom is 0.224 e. The number of fused-ring (bicyclic) bond motifs is 1. The van der Waals surface area contributed by atoms with Crippen LogP contribution in [0.3, 0.4) is 0 Å². The minimum Gasteiger partial charge on any atom is -0.349 e. The molecule has 1 heterocycles. The zero-order chi connectivity index (χ0) is 15.4. The van der Waals surface area contributed by atoms with Crippen LogP contribution < -0.4 is 5.32 Å². The second-order valence-corrected chi connectivity index (χ2v) is 5.44. The highest BCUT2D eigenvalue weighted by atomic mass is 32.1. The average Bonchev–Trinajstić information content (AvgIpc) is 2.77. The van der Waals surface area contributed by atoms with Crippen molar-refractivity contribution in [2.75, 3.05) is 19.4 Å². The van der Waals surface area contributed by atoms with E-state index in [1.54, 1.807) is 14.1 Å². The zero-order valence-electron chi connectivity index (χ0n) is 12.0. The molecule has 0 fully saturated rings. The molecule has 2 amide bonds. The van der Waals surface area contributed by atoms with Crippen LogP contribution in [0.15, 0.2) is 18.2 Å². The number of hydrogen-bond donors (Lipinski definition) is 3. The predicted octanol–water partition coefficient (Wildman–Crippen LogP) is 2.42. The second kappa shape index (κ2) is 6.53. The first kappa shape index (κ1) is 15.2. The largest absolute Gasteiger partial charge is 0.349 e. The Hall–Kier alpha value is -2.15. The van der Waals surface area contributed by atoms with Crippen molar-refractivity contribution in [1.82, 2.24) is 14.9 Å². The number of imidazole rings is 1. The van der Waals surface area contributed by atoms with E-state index in [1.807, 2.05) is 18.2 Å². The SMILES string of the molecule is CN(C)C(=O)CCCC(=O)Nc1ccc2[nH]c(=S)[nH]c2c1. The number of H-pyrrole nitrogens is 2. The third-order valence-electron chi connectivity index (χ3n) is 3.09. The van der Waals surface area contributed by atoms with E-state index in [4.69, 9.17) is 12.2 Å². The lowest BCUT2D eigenvalue weighted by Gasteiger charge is -2.09. The molecule has 0 aliphatic heterocycles. The van der Waals surface area contributed by atoms with Gasteiger partial charge in [0.25, 0.3) is 0 Å². The summed E-state index contributed by atoms with van der Waals surface area (Å²) in [5.74, 6) is -0.0702. The highest BCUT2D eigenvalue weighted by molar-refractivity contribution is 7.71. The van der Waals surface area contributed by atoms with E-state index in [9.17, 15) is 9.59 Å². The molecule has 0 bridgehead atoms. The molecule has 1 aromatic carbocycles. The van der Waals surface area contributed by atoms with Gasteiger partial charge in [-0.3, -0.25) is 9.59 Å². The Morgan fingerprint density at radius 1 is 1.19 bits per heavy atom. The monoisotopic (exact) mass is 306 g/mol.